The lowest BCUT2D eigenvalue weighted by atomic mass is 10.1. The summed E-state index contributed by atoms with van der Waals surface area (Å²) < 4.78 is 13.8. The Bertz CT molecular complexity index is 739. The van der Waals surface area contributed by atoms with E-state index in [1.807, 2.05) is 40.1 Å². The van der Waals surface area contributed by atoms with Crippen LogP contribution in [0.5, 0.6) is 0 Å². The lowest BCUT2D eigenvalue weighted by Gasteiger charge is -2.36. The molecule has 1 unspecified atom stereocenters. The summed E-state index contributed by atoms with van der Waals surface area (Å²) in [6.07, 6.45) is 2.87. The van der Waals surface area contributed by atoms with E-state index in [0.29, 0.717) is 25.2 Å². The molecule has 0 saturated carbocycles. The number of piperazine rings is 1. The fourth-order valence-corrected chi connectivity index (χ4v) is 3.51. The summed E-state index contributed by atoms with van der Waals surface area (Å²) in [7, 11) is 0. The molecular formula is C18H19FN4O. The van der Waals surface area contributed by atoms with Gasteiger partial charge in [-0.25, -0.2) is 9.18 Å². The summed E-state index contributed by atoms with van der Waals surface area (Å²) in [5.41, 5.74) is 1.59. The minimum atomic E-state index is -0.270. The van der Waals surface area contributed by atoms with Gasteiger partial charge in [-0.2, -0.15) is 0 Å². The molecule has 0 N–H and O–H groups in total. The Hall–Kier alpha value is -2.47. The first-order valence-corrected chi connectivity index (χ1v) is 8.16. The van der Waals surface area contributed by atoms with Crippen molar-refractivity contribution in [3.63, 3.8) is 0 Å². The van der Waals surface area contributed by atoms with Crippen LogP contribution >= 0.6 is 0 Å². The van der Waals surface area contributed by atoms with Gasteiger partial charge in [-0.3, -0.25) is 14.8 Å². The maximum absolute atomic E-state index is 13.8. The summed E-state index contributed by atoms with van der Waals surface area (Å²) in [5, 5.41) is 0. The van der Waals surface area contributed by atoms with E-state index in [4.69, 9.17) is 0 Å². The van der Waals surface area contributed by atoms with E-state index >= 15 is 0 Å². The lowest BCUT2D eigenvalue weighted by molar-refractivity contribution is 0.116. The molecule has 5 nitrogen and oxygen atoms in total. The van der Waals surface area contributed by atoms with Crippen LogP contribution in [0.1, 0.15) is 5.56 Å². The first-order chi connectivity index (χ1) is 11.7. The second-order valence-corrected chi connectivity index (χ2v) is 6.28. The fourth-order valence-electron chi connectivity index (χ4n) is 3.51. The van der Waals surface area contributed by atoms with Gasteiger partial charge >= 0.3 is 6.03 Å². The topological polar surface area (TPSA) is 39.7 Å². The molecule has 1 aromatic carbocycles. The molecule has 3 heterocycles. The van der Waals surface area contributed by atoms with Crippen LogP contribution in [0.4, 0.5) is 14.9 Å². The van der Waals surface area contributed by atoms with Gasteiger partial charge in [0.1, 0.15) is 5.82 Å². The summed E-state index contributed by atoms with van der Waals surface area (Å²) in [6.45, 7) is 3.43. The fraction of sp³-hybridized carbons (Fsp3) is 0.333. The van der Waals surface area contributed by atoms with Gasteiger partial charge in [0.25, 0.3) is 0 Å². The molecule has 0 spiro atoms. The third kappa shape index (κ3) is 2.73. The van der Waals surface area contributed by atoms with E-state index in [1.165, 1.54) is 6.20 Å². The van der Waals surface area contributed by atoms with Gasteiger partial charge in [0.2, 0.25) is 0 Å². The molecule has 0 radical (unpaired) electrons. The van der Waals surface area contributed by atoms with Crippen molar-refractivity contribution in [2.45, 2.75) is 12.6 Å². The molecule has 24 heavy (non-hydrogen) atoms. The number of benzene rings is 1. The van der Waals surface area contributed by atoms with Crippen molar-refractivity contribution in [1.29, 1.82) is 0 Å². The molecule has 124 valence electrons. The van der Waals surface area contributed by atoms with Crippen molar-refractivity contribution in [1.82, 2.24) is 14.8 Å². The maximum Gasteiger partial charge on any atom is 0.324 e. The lowest BCUT2D eigenvalue weighted by Crippen LogP contribution is -2.51. The average molecular weight is 326 g/mol. The van der Waals surface area contributed by atoms with Crippen LogP contribution in [-0.4, -0.2) is 53.0 Å². The third-order valence-electron chi connectivity index (χ3n) is 4.76. The van der Waals surface area contributed by atoms with E-state index in [2.05, 4.69) is 9.88 Å². The highest BCUT2D eigenvalue weighted by molar-refractivity contribution is 5.94. The van der Waals surface area contributed by atoms with Crippen LogP contribution in [0.3, 0.4) is 0 Å². The predicted octanol–water partition coefficient (Wildman–Crippen LogP) is 2.35. The minimum Gasteiger partial charge on any atom is -0.317 e. The Kier molecular flexibility index (Phi) is 3.90. The zero-order valence-electron chi connectivity index (χ0n) is 13.3. The highest BCUT2D eigenvalue weighted by Crippen LogP contribution is 2.26. The summed E-state index contributed by atoms with van der Waals surface area (Å²) >= 11 is 0. The average Bonchev–Trinajstić information content (AvgIpc) is 2.94. The molecule has 2 fully saturated rings. The molecular weight excluding hydrogens is 307 g/mol. The van der Waals surface area contributed by atoms with Gasteiger partial charge in [0.05, 0.1) is 12.2 Å². The molecule has 1 atom stereocenters. The van der Waals surface area contributed by atoms with Gasteiger partial charge in [0, 0.05) is 50.2 Å². The third-order valence-corrected chi connectivity index (χ3v) is 4.76. The second kappa shape index (κ2) is 6.20. The van der Waals surface area contributed by atoms with E-state index in [9.17, 15) is 9.18 Å². The Labute approximate surface area is 140 Å². The zero-order valence-corrected chi connectivity index (χ0v) is 13.3. The van der Waals surface area contributed by atoms with Gasteiger partial charge in [0.15, 0.2) is 0 Å². The molecule has 2 saturated heterocycles. The van der Waals surface area contributed by atoms with Gasteiger partial charge in [-0.15, -0.1) is 0 Å². The molecule has 2 amide bonds. The molecule has 0 aliphatic carbocycles. The SMILES string of the molecule is O=C1N(c2ccccc2)CC2CN(Cc3ccncc3F)CCN12. The summed E-state index contributed by atoms with van der Waals surface area (Å²) in [6, 6.07) is 11.7. The van der Waals surface area contributed by atoms with Crippen molar-refractivity contribution < 1.29 is 9.18 Å². The van der Waals surface area contributed by atoms with Crippen LogP contribution in [0, 0.1) is 5.82 Å². The Morgan fingerprint density at radius 2 is 1.96 bits per heavy atom. The van der Waals surface area contributed by atoms with Crippen molar-refractivity contribution >= 4 is 11.7 Å². The molecule has 2 aromatic rings. The number of rotatable bonds is 3. The largest absolute Gasteiger partial charge is 0.324 e. The highest BCUT2D eigenvalue weighted by atomic mass is 19.1. The van der Waals surface area contributed by atoms with Crippen molar-refractivity contribution in [3.8, 4) is 0 Å². The number of amides is 2. The Morgan fingerprint density at radius 1 is 1.12 bits per heavy atom. The molecule has 0 bridgehead atoms. The number of carbonyl (C=O) groups excluding carboxylic acids is 1. The van der Waals surface area contributed by atoms with Crippen LogP contribution in [0.25, 0.3) is 0 Å². The molecule has 4 rings (SSSR count). The number of hydrogen-bond donors (Lipinski definition) is 0. The first-order valence-electron chi connectivity index (χ1n) is 8.16. The number of halogens is 1. The number of hydrogen-bond acceptors (Lipinski definition) is 3. The Morgan fingerprint density at radius 3 is 2.75 bits per heavy atom. The molecule has 6 heteroatoms. The van der Waals surface area contributed by atoms with Gasteiger partial charge < -0.3 is 4.90 Å². The zero-order chi connectivity index (χ0) is 16.5. The Balaban J connectivity index is 1.46. The first kappa shape index (κ1) is 15.1. The molecule has 1 aromatic heterocycles. The number of pyridine rings is 1. The van der Waals surface area contributed by atoms with Crippen LogP contribution < -0.4 is 4.90 Å². The van der Waals surface area contributed by atoms with Crippen LogP contribution in [-0.2, 0) is 6.54 Å². The van der Waals surface area contributed by atoms with Crippen molar-refractivity contribution in [2.75, 3.05) is 31.1 Å². The smallest absolute Gasteiger partial charge is 0.317 e. The number of nitrogens with zero attached hydrogens (tertiary/aromatic N) is 4. The number of urea groups is 1. The second-order valence-electron chi connectivity index (χ2n) is 6.28. The monoisotopic (exact) mass is 326 g/mol. The number of carbonyl (C=O) groups is 1. The summed E-state index contributed by atoms with van der Waals surface area (Å²) in [5.74, 6) is -0.270. The minimum absolute atomic E-state index is 0.0703. The highest BCUT2D eigenvalue weighted by Gasteiger charge is 2.41. The molecule has 2 aliphatic heterocycles. The normalized spacial score (nSPS) is 21.2. The number of anilines is 1. The number of para-hydroxylation sites is 1. The maximum atomic E-state index is 13.8. The standard InChI is InChI=1S/C18H19FN4O/c19-17-10-20-7-6-14(17)11-21-8-9-22-16(12-21)13-23(18(22)24)15-4-2-1-3-5-15/h1-7,10,16H,8-9,11-13H2. The van der Waals surface area contributed by atoms with E-state index in [-0.39, 0.29) is 17.9 Å². The van der Waals surface area contributed by atoms with E-state index in [0.717, 1.165) is 18.8 Å². The van der Waals surface area contributed by atoms with Gasteiger partial charge in [-0.05, 0) is 18.2 Å². The van der Waals surface area contributed by atoms with Crippen LogP contribution in [0.15, 0.2) is 48.8 Å². The van der Waals surface area contributed by atoms with Gasteiger partial charge in [-0.1, -0.05) is 18.2 Å². The number of aromatic nitrogens is 1. The van der Waals surface area contributed by atoms with Crippen molar-refractivity contribution in [2.24, 2.45) is 0 Å². The van der Waals surface area contributed by atoms with E-state index < -0.39 is 0 Å². The summed E-state index contributed by atoms with van der Waals surface area (Å²) in [4.78, 5) is 22.4. The number of fused-ring (bicyclic) bond motifs is 1. The van der Waals surface area contributed by atoms with E-state index in [1.54, 1.807) is 12.3 Å². The van der Waals surface area contributed by atoms with Crippen LogP contribution in [0.2, 0.25) is 0 Å². The van der Waals surface area contributed by atoms with Crippen molar-refractivity contribution in [3.05, 3.63) is 60.2 Å². The quantitative estimate of drug-likeness (QED) is 0.869. The molecule has 2 aliphatic rings. The predicted molar refractivity (Wildman–Crippen MR) is 89.2 cm³/mol.